The lowest BCUT2D eigenvalue weighted by Gasteiger charge is -2.26. The third-order valence-electron chi connectivity index (χ3n) is 6.25. The maximum absolute atomic E-state index is 12.8. The molecular weight excluding hydrogens is 564 g/mol. The van der Waals surface area contributed by atoms with Crippen molar-refractivity contribution in [3.8, 4) is 0 Å². The molecule has 2 aromatic carbocycles. The fourth-order valence-corrected chi connectivity index (χ4v) is 7.93. The second kappa shape index (κ2) is 17.8. The number of benzene rings is 2. The highest BCUT2D eigenvalue weighted by molar-refractivity contribution is 6.60. The molecule has 3 rings (SSSR count). The van der Waals surface area contributed by atoms with E-state index in [1.807, 2.05) is 33.8 Å². The Kier molecular flexibility index (Phi) is 15.2. The zero-order valence-electron chi connectivity index (χ0n) is 25.3. The molecular formula is C29H44O10Si2. The maximum atomic E-state index is 12.8. The molecule has 228 valence electrons. The minimum Gasteiger partial charge on any atom is -0.377 e. The SMILES string of the molecule is CCO[Si](OCC)(OCC)OCC.CO[Si](CCCOCc1ccc2c(c1)C(=O)c1ccccc1C2=O)(OC)OC. The van der Waals surface area contributed by atoms with Crippen LogP contribution in [0.5, 0.6) is 0 Å². The zero-order valence-corrected chi connectivity index (χ0v) is 27.3. The molecule has 0 atom stereocenters. The van der Waals surface area contributed by atoms with E-state index in [1.54, 1.807) is 57.7 Å². The molecule has 0 heterocycles. The quantitative estimate of drug-likeness (QED) is 0.156. The lowest BCUT2D eigenvalue weighted by atomic mass is 9.83. The van der Waals surface area contributed by atoms with Crippen LogP contribution in [-0.4, -0.2) is 83.8 Å². The van der Waals surface area contributed by atoms with E-state index >= 15 is 0 Å². The molecule has 0 unspecified atom stereocenters. The second-order valence-corrected chi connectivity index (χ2v) is 14.0. The summed E-state index contributed by atoms with van der Waals surface area (Å²) in [5, 5.41) is 0. The van der Waals surface area contributed by atoms with E-state index in [0.717, 1.165) is 12.0 Å². The van der Waals surface area contributed by atoms with Crippen LogP contribution in [0.1, 0.15) is 71.5 Å². The van der Waals surface area contributed by atoms with Gasteiger partial charge < -0.3 is 35.7 Å². The van der Waals surface area contributed by atoms with Gasteiger partial charge in [0.1, 0.15) is 0 Å². The molecule has 0 bridgehead atoms. The molecule has 0 aromatic heterocycles. The summed E-state index contributed by atoms with van der Waals surface area (Å²) in [7, 11) is -0.614. The van der Waals surface area contributed by atoms with Gasteiger partial charge >= 0.3 is 17.9 Å². The van der Waals surface area contributed by atoms with Crippen molar-refractivity contribution in [2.75, 3.05) is 54.4 Å². The Morgan fingerprint density at radius 3 is 1.56 bits per heavy atom. The normalized spacial score (nSPS) is 13.0. The highest BCUT2D eigenvalue weighted by atomic mass is 28.4. The molecule has 0 saturated heterocycles. The smallest absolute Gasteiger partial charge is 0.377 e. The predicted molar refractivity (Wildman–Crippen MR) is 158 cm³/mol. The second-order valence-electron chi connectivity index (χ2n) is 8.77. The summed E-state index contributed by atoms with van der Waals surface area (Å²) >= 11 is 0. The van der Waals surface area contributed by atoms with Gasteiger partial charge in [-0.25, -0.2) is 0 Å². The van der Waals surface area contributed by atoms with Gasteiger partial charge in [0.15, 0.2) is 11.6 Å². The third-order valence-corrected chi connectivity index (χ3v) is 11.6. The number of hydrogen-bond acceptors (Lipinski definition) is 10. The number of fused-ring (bicyclic) bond motifs is 2. The molecule has 0 aliphatic heterocycles. The number of hydrogen-bond donors (Lipinski definition) is 0. The van der Waals surface area contributed by atoms with Crippen molar-refractivity contribution in [3.05, 3.63) is 70.3 Å². The van der Waals surface area contributed by atoms with Gasteiger partial charge in [-0.1, -0.05) is 30.3 Å². The van der Waals surface area contributed by atoms with E-state index in [9.17, 15) is 9.59 Å². The molecule has 1 aliphatic rings. The summed E-state index contributed by atoms with van der Waals surface area (Å²) in [4.78, 5) is 25.4. The summed E-state index contributed by atoms with van der Waals surface area (Å²) in [5.74, 6) is -0.235. The zero-order chi connectivity index (χ0) is 30.3. The van der Waals surface area contributed by atoms with Crippen molar-refractivity contribution in [3.63, 3.8) is 0 Å². The predicted octanol–water partition coefficient (Wildman–Crippen LogP) is 4.81. The van der Waals surface area contributed by atoms with Gasteiger partial charge in [-0.2, -0.15) is 0 Å². The first-order chi connectivity index (χ1) is 19.8. The average Bonchev–Trinajstić information content (AvgIpc) is 2.99. The molecule has 0 fully saturated rings. The van der Waals surface area contributed by atoms with Gasteiger partial charge in [-0.3, -0.25) is 9.59 Å². The van der Waals surface area contributed by atoms with E-state index in [0.29, 0.717) is 67.9 Å². The van der Waals surface area contributed by atoms with E-state index < -0.39 is 17.9 Å². The lowest BCUT2D eigenvalue weighted by Crippen LogP contribution is -2.49. The van der Waals surface area contributed by atoms with E-state index in [1.165, 1.54) is 0 Å². The van der Waals surface area contributed by atoms with Gasteiger partial charge in [0.25, 0.3) is 0 Å². The van der Waals surface area contributed by atoms with Crippen molar-refractivity contribution in [1.29, 1.82) is 0 Å². The van der Waals surface area contributed by atoms with Crippen LogP contribution in [0.4, 0.5) is 0 Å². The first-order valence-electron chi connectivity index (χ1n) is 13.9. The number of carbonyl (C=O) groups is 2. The highest BCUT2D eigenvalue weighted by Crippen LogP contribution is 2.28. The van der Waals surface area contributed by atoms with Crippen molar-refractivity contribution in [2.24, 2.45) is 0 Å². The molecule has 0 amide bonds. The standard InChI is InChI=1S/C21H24O6Si.C8H20O4Si/c1-24-28(25-2,26-3)12-6-11-27-14-15-9-10-18-19(13-15)21(23)17-8-5-4-7-16(17)20(18)22;1-5-9-13(10-6-2,11-7-3)12-8-4/h4-5,7-10,13H,6,11-12,14H2,1-3H3;5-8H2,1-4H3. The van der Waals surface area contributed by atoms with E-state index in [-0.39, 0.29) is 11.6 Å². The number of rotatable bonds is 17. The molecule has 0 saturated carbocycles. The first-order valence-corrected chi connectivity index (χ1v) is 17.5. The van der Waals surface area contributed by atoms with Gasteiger partial charge in [-0.15, -0.1) is 0 Å². The largest absolute Gasteiger partial charge is 0.679 e. The number of carbonyl (C=O) groups excluding carboxylic acids is 2. The van der Waals surface area contributed by atoms with Crippen LogP contribution in [0.25, 0.3) is 0 Å². The third kappa shape index (κ3) is 9.45. The van der Waals surface area contributed by atoms with Crippen LogP contribution in [-0.2, 0) is 42.3 Å². The highest BCUT2D eigenvalue weighted by Gasteiger charge is 2.44. The van der Waals surface area contributed by atoms with Crippen molar-refractivity contribution >= 4 is 29.4 Å². The van der Waals surface area contributed by atoms with Crippen molar-refractivity contribution < 1.29 is 45.3 Å². The minimum absolute atomic E-state index is 0.113. The maximum Gasteiger partial charge on any atom is 0.679 e. The van der Waals surface area contributed by atoms with E-state index in [4.69, 9.17) is 35.7 Å². The monoisotopic (exact) mass is 608 g/mol. The van der Waals surface area contributed by atoms with Crippen LogP contribution in [0.3, 0.4) is 0 Å². The van der Waals surface area contributed by atoms with Crippen LogP contribution >= 0.6 is 0 Å². The minimum atomic E-state index is -2.80. The summed E-state index contributed by atoms with van der Waals surface area (Å²) < 4.78 is 43.6. The van der Waals surface area contributed by atoms with Gasteiger partial charge in [0.05, 0.1) is 6.61 Å². The fraction of sp³-hybridized carbons (Fsp3) is 0.517. The Hall–Kier alpha value is -2.11. The Labute approximate surface area is 246 Å². The number of ether oxygens (including phenoxy) is 1. The molecule has 0 spiro atoms. The molecule has 2 aromatic rings. The van der Waals surface area contributed by atoms with E-state index in [2.05, 4.69) is 0 Å². The van der Waals surface area contributed by atoms with Crippen LogP contribution in [0.15, 0.2) is 42.5 Å². The van der Waals surface area contributed by atoms with Gasteiger partial charge in [0.2, 0.25) is 0 Å². The molecule has 41 heavy (non-hydrogen) atoms. The Bertz CT molecular complexity index is 1070. The van der Waals surface area contributed by atoms with Crippen molar-refractivity contribution in [2.45, 2.75) is 46.8 Å². The molecule has 1 aliphatic carbocycles. The topological polar surface area (TPSA) is 108 Å². The van der Waals surface area contributed by atoms with Crippen LogP contribution in [0, 0.1) is 0 Å². The Morgan fingerprint density at radius 1 is 0.634 bits per heavy atom. The molecule has 0 N–H and O–H groups in total. The van der Waals surface area contributed by atoms with Gasteiger partial charge in [0, 0.05) is 82.7 Å². The summed E-state index contributed by atoms with van der Waals surface area (Å²) in [5.41, 5.74) is 2.66. The molecule has 0 radical (unpaired) electrons. The van der Waals surface area contributed by atoms with Crippen molar-refractivity contribution in [1.82, 2.24) is 0 Å². The summed E-state index contributed by atoms with van der Waals surface area (Å²) in [6, 6.07) is 12.9. The van der Waals surface area contributed by atoms with Crippen LogP contribution < -0.4 is 0 Å². The number of ketones is 2. The molecule has 10 nitrogen and oxygen atoms in total. The van der Waals surface area contributed by atoms with Crippen LogP contribution in [0.2, 0.25) is 6.04 Å². The summed E-state index contributed by atoms with van der Waals surface area (Å²) in [6.07, 6.45) is 0.734. The molecule has 12 heteroatoms. The summed E-state index contributed by atoms with van der Waals surface area (Å²) in [6.45, 7) is 10.7. The Morgan fingerprint density at radius 2 is 1.10 bits per heavy atom. The van der Waals surface area contributed by atoms with Gasteiger partial charge in [-0.05, 0) is 51.8 Å². The lowest BCUT2D eigenvalue weighted by molar-refractivity contribution is -0.0247. The average molecular weight is 609 g/mol. The fourth-order valence-electron chi connectivity index (χ4n) is 4.33. The Balaban J connectivity index is 0.000000383. The first kappa shape index (κ1) is 35.1.